The molecule has 2 aromatic carbocycles. The van der Waals surface area contributed by atoms with Crippen LogP contribution in [0.5, 0.6) is 5.75 Å². The van der Waals surface area contributed by atoms with E-state index in [0.29, 0.717) is 28.2 Å². The summed E-state index contributed by atoms with van der Waals surface area (Å²) in [6.07, 6.45) is 5.14. The number of halogens is 2. The predicted molar refractivity (Wildman–Crippen MR) is 136 cm³/mol. The maximum absolute atomic E-state index is 14.0. The second kappa shape index (κ2) is 8.71. The third-order valence-corrected chi connectivity index (χ3v) is 8.89. The number of Topliss-reactive ketones (excluding diaryl/α,β-unsaturated/α-hetero) is 1. The van der Waals surface area contributed by atoms with Gasteiger partial charge in [-0.2, -0.15) is 5.01 Å². The number of methoxy groups -OCH3 is 1. The number of allylic oxidation sites excluding steroid dienone is 2. The Morgan fingerprint density at radius 1 is 0.973 bits per heavy atom. The maximum Gasteiger partial charge on any atom is 0.275 e. The fourth-order valence-corrected chi connectivity index (χ4v) is 6.98. The lowest BCUT2D eigenvalue weighted by Crippen LogP contribution is -2.56. The van der Waals surface area contributed by atoms with E-state index in [4.69, 9.17) is 27.9 Å². The van der Waals surface area contributed by atoms with E-state index >= 15 is 0 Å². The number of carbonyl (C=O) groups excluding carboxylic acids is 4. The molecule has 0 unspecified atom stereocenters. The molecule has 1 aliphatic heterocycles. The molecule has 1 heterocycles. The number of hydrogen-bond acceptors (Lipinski definition) is 5. The lowest BCUT2D eigenvalue weighted by atomic mass is 9.63. The molecule has 2 bridgehead atoms. The minimum absolute atomic E-state index is 0.0230. The van der Waals surface area contributed by atoms with Crippen molar-refractivity contribution >= 4 is 46.7 Å². The third kappa shape index (κ3) is 3.62. The first-order valence-corrected chi connectivity index (χ1v) is 13.0. The highest BCUT2D eigenvalue weighted by atomic mass is 35.5. The van der Waals surface area contributed by atoms with Crippen molar-refractivity contribution in [1.29, 1.82) is 0 Å². The number of rotatable bonds is 6. The Labute approximate surface area is 223 Å². The van der Waals surface area contributed by atoms with E-state index in [1.54, 1.807) is 24.3 Å². The Morgan fingerprint density at radius 3 is 2.11 bits per heavy atom. The van der Waals surface area contributed by atoms with E-state index in [1.807, 2.05) is 0 Å². The lowest BCUT2D eigenvalue weighted by Gasteiger charge is -2.37. The number of hydrogen-bond donors (Lipinski definition) is 0. The highest BCUT2D eigenvalue weighted by molar-refractivity contribution is 6.36. The topological polar surface area (TPSA) is 84.0 Å². The van der Waals surface area contributed by atoms with Crippen LogP contribution in [0.4, 0.5) is 0 Å². The summed E-state index contributed by atoms with van der Waals surface area (Å²) in [7, 11) is 1.52. The Kier molecular flexibility index (Phi) is 5.69. The fourth-order valence-electron chi connectivity index (χ4n) is 6.49. The minimum atomic E-state index is -1.17. The van der Waals surface area contributed by atoms with Crippen LogP contribution in [-0.2, 0) is 9.59 Å². The van der Waals surface area contributed by atoms with Crippen LogP contribution in [0.1, 0.15) is 34.1 Å². The van der Waals surface area contributed by atoms with Crippen LogP contribution in [0.2, 0.25) is 10.0 Å². The molecule has 0 spiro atoms. The summed E-state index contributed by atoms with van der Waals surface area (Å²) in [4.78, 5) is 55.3. The molecular weight excluding hydrogens is 515 g/mol. The van der Waals surface area contributed by atoms with Gasteiger partial charge in [-0.15, -0.1) is 0 Å². The van der Waals surface area contributed by atoms with Crippen molar-refractivity contribution in [3.63, 3.8) is 0 Å². The van der Waals surface area contributed by atoms with Crippen LogP contribution >= 0.6 is 23.2 Å². The van der Waals surface area contributed by atoms with Crippen molar-refractivity contribution < 1.29 is 23.9 Å². The molecule has 0 N–H and O–H groups in total. The van der Waals surface area contributed by atoms with E-state index in [-0.39, 0.29) is 22.4 Å². The largest absolute Gasteiger partial charge is 0.497 e. The zero-order valence-corrected chi connectivity index (χ0v) is 21.6. The quantitative estimate of drug-likeness (QED) is 0.302. The number of carbonyl (C=O) groups is 4. The molecule has 0 radical (unpaired) electrons. The van der Waals surface area contributed by atoms with Gasteiger partial charge in [-0.3, -0.25) is 19.2 Å². The number of ketones is 1. The summed E-state index contributed by atoms with van der Waals surface area (Å²) in [6.45, 7) is 1.52. The van der Waals surface area contributed by atoms with Gasteiger partial charge in [0.15, 0.2) is 5.78 Å². The van der Waals surface area contributed by atoms with Crippen molar-refractivity contribution in [1.82, 2.24) is 10.0 Å². The van der Waals surface area contributed by atoms with E-state index < -0.39 is 41.4 Å². The van der Waals surface area contributed by atoms with Gasteiger partial charge in [0.1, 0.15) is 11.8 Å². The second-order valence-corrected chi connectivity index (χ2v) is 11.0. The van der Waals surface area contributed by atoms with Gasteiger partial charge in [0, 0.05) is 10.6 Å². The fraction of sp³-hybridized carbons (Fsp3) is 0.357. The standard InChI is InChI=1S/C28H24Cl2N2O5/c1-13(25(33)14-3-6-16(37-2)7-4-14)31(26(34)19-8-5-15(29)11-22(19)30)32-27(35)23-17-9-10-18(21-12-20(17)21)24(23)28(32)36/h3-11,13,17-18,20-21,23-24H,12H2,1-2H3/t13-,17-,18-,20-,21-,23-,24+/m0/s1. The third-order valence-electron chi connectivity index (χ3n) is 8.35. The summed E-state index contributed by atoms with van der Waals surface area (Å²) in [5.41, 5.74) is 0.354. The summed E-state index contributed by atoms with van der Waals surface area (Å²) in [6, 6.07) is 9.62. The molecule has 2 saturated carbocycles. The molecule has 5 aliphatic rings. The van der Waals surface area contributed by atoms with Crippen LogP contribution in [0.25, 0.3) is 0 Å². The molecule has 190 valence electrons. The molecule has 2 aromatic rings. The normalized spacial score (nSPS) is 29.6. The molecule has 7 atom stereocenters. The van der Waals surface area contributed by atoms with Gasteiger partial charge in [-0.1, -0.05) is 35.4 Å². The van der Waals surface area contributed by atoms with Gasteiger partial charge in [0.05, 0.1) is 29.5 Å². The highest BCUT2D eigenvalue weighted by Gasteiger charge is 2.68. The molecule has 1 saturated heterocycles. The summed E-state index contributed by atoms with van der Waals surface area (Å²) < 4.78 is 5.17. The van der Waals surface area contributed by atoms with Crippen LogP contribution < -0.4 is 4.74 Å². The molecule has 0 aromatic heterocycles. The minimum Gasteiger partial charge on any atom is -0.497 e. The lowest BCUT2D eigenvalue weighted by molar-refractivity contribution is -0.156. The van der Waals surface area contributed by atoms with Crippen molar-refractivity contribution in [2.75, 3.05) is 7.11 Å². The van der Waals surface area contributed by atoms with Crippen molar-refractivity contribution in [2.24, 2.45) is 35.5 Å². The van der Waals surface area contributed by atoms with E-state index in [0.717, 1.165) is 16.4 Å². The monoisotopic (exact) mass is 538 g/mol. The summed E-state index contributed by atoms with van der Waals surface area (Å²) in [5.74, 6) is -1.74. The number of benzene rings is 2. The number of imide groups is 1. The molecule has 7 nitrogen and oxygen atoms in total. The Balaban J connectivity index is 1.40. The second-order valence-electron chi connectivity index (χ2n) is 10.2. The average Bonchev–Trinajstić information content (AvgIpc) is 3.68. The van der Waals surface area contributed by atoms with Crippen LogP contribution in [-0.4, -0.2) is 46.7 Å². The summed E-state index contributed by atoms with van der Waals surface area (Å²) in [5, 5.41) is 2.31. The maximum atomic E-state index is 14.0. The van der Waals surface area contributed by atoms with E-state index in [9.17, 15) is 19.2 Å². The number of amides is 3. The molecule has 3 amide bonds. The van der Waals surface area contributed by atoms with Crippen LogP contribution in [0.15, 0.2) is 54.6 Å². The zero-order chi connectivity index (χ0) is 26.2. The first-order valence-electron chi connectivity index (χ1n) is 12.3. The Hall–Kier alpha value is -3.16. The van der Waals surface area contributed by atoms with Gasteiger partial charge < -0.3 is 4.74 Å². The molecule has 3 fully saturated rings. The average molecular weight is 539 g/mol. The van der Waals surface area contributed by atoms with E-state index in [1.165, 1.54) is 32.2 Å². The van der Waals surface area contributed by atoms with E-state index in [2.05, 4.69) is 12.2 Å². The van der Waals surface area contributed by atoms with Crippen LogP contribution in [0.3, 0.4) is 0 Å². The Morgan fingerprint density at radius 2 is 1.57 bits per heavy atom. The number of hydrazine groups is 1. The van der Waals surface area contributed by atoms with Gasteiger partial charge in [0.25, 0.3) is 17.7 Å². The zero-order valence-electron chi connectivity index (χ0n) is 20.1. The summed E-state index contributed by atoms with van der Waals surface area (Å²) >= 11 is 12.4. The van der Waals surface area contributed by atoms with Crippen LogP contribution in [0, 0.1) is 35.5 Å². The molecule has 7 rings (SSSR count). The highest BCUT2D eigenvalue weighted by Crippen LogP contribution is 2.65. The number of ether oxygens (including phenoxy) is 1. The van der Waals surface area contributed by atoms with Gasteiger partial charge in [-0.05, 0) is 79.5 Å². The number of nitrogens with zero attached hydrogens (tertiary/aromatic N) is 2. The molecular formula is C28H24Cl2N2O5. The van der Waals surface area contributed by atoms with Crippen molar-refractivity contribution in [3.05, 3.63) is 75.8 Å². The predicted octanol–water partition coefficient (Wildman–Crippen LogP) is 4.68. The molecule has 37 heavy (non-hydrogen) atoms. The smallest absolute Gasteiger partial charge is 0.275 e. The SMILES string of the molecule is COc1ccc(C(=O)[C@H](C)N(C(=O)c2ccc(Cl)cc2Cl)N2C(=O)[C@@H]3[C@H]4C=C[C@@H]([C@@H]5C[C@@H]45)[C@@H]3C2=O)cc1. The first-order chi connectivity index (χ1) is 17.7. The van der Waals surface area contributed by atoms with Gasteiger partial charge >= 0.3 is 0 Å². The van der Waals surface area contributed by atoms with Crippen molar-refractivity contribution in [3.8, 4) is 5.75 Å². The van der Waals surface area contributed by atoms with Crippen molar-refractivity contribution in [2.45, 2.75) is 19.4 Å². The first kappa shape index (κ1) is 24.2. The van der Waals surface area contributed by atoms with Gasteiger partial charge in [0.2, 0.25) is 0 Å². The van der Waals surface area contributed by atoms with Gasteiger partial charge in [-0.25, -0.2) is 5.01 Å². The Bertz CT molecular complexity index is 1340. The molecule has 9 heteroatoms. The molecule has 4 aliphatic carbocycles.